The van der Waals surface area contributed by atoms with Crippen LogP contribution >= 0.6 is 0 Å². The van der Waals surface area contributed by atoms with Crippen molar-refractivity contribution in [1.29, 1.82) is 0 Å². The van der Waals surface area contributed by atoms with E-state index >= 15 is 0 Å². The molecule has 1 saturated heterocycles. The van der Waals surface area contributed by atoms with Gasteiger partial charge in [-0.1, -0.05) is 6.42 Å². The van der Waals surface area contributed by atoms with Gasteiger partial charge in [-0.25, -0.2) is 0 Å². The highest BCUT2D eigenvalue weighted by Crippen LogP contribution is 2.09. The first-order chi connectivity index (χ1) is 8.86. The zero-order valence-corrected chi connectivity index (χ0v) is 13.0. The van der Waals surface area contributed by atoms with Crippen LogP contribution in [0.5, 0.6) is 0 Å². The third kappa shape index (κ3) is 9.01. The third-order valence-corrected chi connectivity index (χ3v) is 4.17. The summed E-state index contributed by atoms with van der Waals surface area (Å²) in [7, 11) is 2.93. The fraction of sp³-hybridized carbons (Fsp3) is 1.00. The molecule has 1 aliphatic rings. The Bertz CT molecular complexity index is 185. The number of ether oxygens (including phenoxy) is 4. The molecule has 0 aliphatic carbocycles. The van der Waals surface area contributed by atoms with Crippen LogP contribution in [0.4, 0.5) is 0 Å². The molecule has 0 amide bonds. The highest BCUT2D eigenvalue weighted by molar-refractivity contribution is 6.26. The summed E-state index contributed by atoms with van der Waals surface area (Å²) in [6.45, 7) is 3.24. The van der Waals surface area contributed by atoms with Crippen molar-refractivity contribution in [3.8, 4) is 0 Å². The predicted molar refractivity (Wildman–Crippen MR) is 71.5 cm³/mol. The zero-order valence-electron chi connectivity index (χ0n) is 11.6. The largest absolute Gasteiger partial charge is 0.424 e. The van der Waals surface area contributed by atoms with Gasteiger partial charge in [0.2, 0.25) is 0 Å². The van der Waals surface area contributed by atoms with Crippen molar-refractivity contribution in [1.82, 2.24) is 0 Å². The summed E-state index contributed by atoms with van der Waals surface area (Å²) in [6.07, 6.45) is 3.40. The van der Waals surface area contributed by atoms with Crippen LogP contribution < -0.4 is 0 Å². The maximum atomic E-state index is 5.64. The number of methoxy groups -OCH3 is 2. The second-order valence-electron chi connectivity index (χ2n) is 4.39. The van der Waals surface area contributed by atoms with Crippen LogP contribution in [0.2, 0.25) is 6.04 Å². The van der Waals surface area contributed by atoms with Gasteiger partial charge >= 0.3 is 0 Å². The first-order valence-electron chi connectivity index (χ1n) is 6.69. The van der Waals surface area contributed by atoms with Crippen LogP contribution in [-0.2, 0) is 23.4 Å². The van der Waals surface area contributed by atoms with E-state index in [1.807, 2.05) is 0 Å². The smallest absolute Gasteiger partial charge is 0.161 e. The van der Waals surface area contributed by atoms with E-state index in [1.165, 1.54) is 12.5 Å². The first kappa shape index (κ1) is 16.1. The van der Waals surface area contributed by atoms with E-state index in [0.717, 1.165) is 39.3 Å². The van der Waals surface area contributed by atoms with E-state index in [9.17, 15) is 0 Å². The van der Waals surface area contributed by atoms with E-state index in [0.29, 0.717) is 6.10 Å². The van der Waals surface area contributed by atoms with Gasteiger partial charge in [0.05, 0.1) is 13.2 Å². The second-order valence-corrected chi connectivity index (χ2v) is 5.92. The molecular weight excluding hydrogens is 252 g/mol. The zero-order chi connectivity index (χ0) is 13.1. The molecule has 1 heterocycles. The summed E-state index contributed by atoms with van der Waals surface area (Å²) in [5.41, 5.74) is 0. The molecule has 18 heavy (non-hydrogen) atoms. The number of rotatable bonds is 13. The Morgan fingerprint density at radius 1 is 1.22 bits per heavy atom. The molecule has 6 heteroatoms. The Balaban J connectivity index is 1.69. The van der Waals surface area contributed by atoms with Crippen LogP contribution in [0, 0.1) is 0 Å². The molecule has 0 bridgehead atoms. The van der Waals surface area contributed by atoms with Gasteiger partial charge in [0, 0.05) is 33.9 Å². The minimum Gasteiger partial charge on any atom is -0.424 e. The molecule has 1 fully saturated rings. The molecule has 0 spiro atoms. The van der Waals surface area contributed by atoms with Crippen molar-refractivity contribution in [2.24, 2.45) is 0 Å². The normalized spacial score (nSPS) is 19.2. The molecule has 108 valence electrons. The van der Waals surface area contributed by atoms with Gasteiger partial charge in [0.25, 0.3) is 0 Å². The Morgan fingerprint density at radius 2 is 2.00 bits per heavy atom. The summed E-state index contributed by atoms with van der Waals surface area (Å²) in [5.74, 6) is 0. The quantitative estimate of drug-likeness (QED) is 0.215. The fourth-order valence-corrected chi connectivity index (χ4v) is 2.71. The summed E-state index contributed by atoms with van der Waals surface area (Å²) < 4.78 is 26.3. The van der Waals surface area contributed by atoms with Crippen molar-refractivity contribution in [3.63, 3.8) is 0 Å². The van der Waals surface area contributed by atoms with E-state index in [-0.39, 0.29) is 16.1 Å². The van der Waals surface area contributed by atoms with Crippen LogP contribution in [-0.4, -0.2) is 62.8 Å². The van der Waals surface area contributed by atoms with Crippen molar-refractivity contribution >= 4 is 9.76 Å². The molecular formula is C12H26O5Si. The molecule has 0 aromatic carbocycles. The lowest BCUT2D eigenvalue weighted by Crippen LogP contribution is -2.16. The number of unbranched alkanes of at least 4 members (excludes halogenated alkanes) is 1. The van der Waals surface area contributed by atoms with Crippen LogP contribution in [0.15, 0.2) is 0 Å². The highest BCUT2D eigenvalue weighted by Gasteiger charge is 2.21. The lowest BCUT2D eigenvalue weighted by molar-refractivity contribution is -0.110. The minimum atomic E-state index is -0.376. The summed E-state index contributed by atoms with van der Waals surface area (Å²) in [4.78, 5) is 0. The van der Waals surface area contributed by atoms with Gasteiger partial charge in [-0.05, 0) is 12.5 Å². The average molecular weight is 278 g/mol. The summed E-state index contributed by atoms with van der Waals surface area (Å²) in [6, 6.07) is 1.22. The van der Waals surface area contributed by atoms with Gasteiger partial charge in [-0.2, -0.15) is 0 Å². The second kappa shape index (κ2) is 10.9. The molecule has 1 aliphatic heterocycles. The van der Waals surface area contributed by atoms with Gasteiger partial charge in [0.1, 0.15) is 6.10 Å². The van der Waals surface area contributed by atoms with E-state index < -0.39 is 0 Å². The predicted octanol–water partition coefficient (Wildman–Crippen LogP) is 0.710. The van der Waals surface area contributed by atoms with Gasteiger partial charge in [0.15, 0.2) is 16.1 Å². The number of hydrogen-bond acceptors (Lipinski definition) is 5. The maximum absolute atomic E-state index is 5.64. The monoisotopic (exact) mass is 278 g/mol. The fourth-order valence-electron chi connectivity index (χ4n) is 1.58. The van der Waals surface area contributed by atoms with Crippen molar-refractivity contribution in [2.45, 2.75) is 37.7 Å². The standard InChI is InChI=1S/C12H26O5Si/c1-13-12(14-2)5-7-17-18-8-4-3-6-15-9-11-10-16-11/h11-12H,3-10,18H2,1-2H3. The Hall–Kier alpha value is 0.0169. The van der Waals surface area contributed by atoms with E-state index in [1.54, 1.807) is 14.2 Å². The van der Waals surface area contributed by atoms with Crippen LogP contribution in [0.1, 0.15) is 19.3 Å². The SMILES string of the molecule is COC(CCO[SiH2]CCCCOCC1CO1)OC. The minimum absolute atomic E-state index is 0.128. The average Bonchev–Trinajstić information content (AvgIpc) is 3.20. The van der Waals surface area contributed by atoms with Crippen LogP contribution in [0.25, 0.3) is 0 Å². The summed E-state index contributed by atoms with van der Waals surface area (Å²) >= 11 is 0. The summed E-state index contributed by atoms with van der Waals surface area (Å²) in [5, 5.41) is 0. The lowest BCUT2D eigenvalue weighted by atomic mass is 10.3. The molecule has 0 saturated carbocycles. The molecule has 1 rings (SSSR count). The molecule has 1 atom stereocenters. The van der Waals surface area contributed by atoms with Crippen LogP contribution in [0.3, 0.4) is 0 Å². The van der Waals surface area contributed by atoms with Gasteiger partial charge in [-0.3, -0.25) is 0 Å². The Kier molecular flexibility index (Phi) is 9.73. The third-order valence-electron chi connectivity index (χ3n) is 2.81. The maximum Gasteiger partial charge on any atom is 0.161 e. The highest BCUT2D eigenvalue weighted by atomic mass is 28.2. The molecule has 5 nitrogen and oxygen atoms in total. The topological polar surface area (TPSA) is 49.5 Å². The van der Waals surface area contributed by atoms with Crippen molar-refractivity contribution in [3.05, 3.63) is 0 Å². The number of epoxide rings is 1. The van der Waals surface area contributed by atoms with Crippen molar-refractivity contribution < 1.29 is 23.4 Å². The lowest BCUT2D eigenvalue weighted by Gasteiger charge is -2.13. The van der Waals surface area contributed by atoms with Crippen molar-refractivity contribution in [2.75, 3.05) is 40.6 Å². The Labute approximate surface area is 112 Å². The number of hydrogen-bond donors (Lipinski definition) is 0. The molecule has 1 unspecified atom stereocenters. The van der Waals surface area contributed by atoms with Gasteiger partial charge < -0.3 is 23.4 Å². The molecule has 0 radical (unpaired) electrons. The van der Waals surface area contributed by atoms with E-state index in [2.05, 4.69) is 0 Å². The molecule has 0 aromatic rings. The first-order valence-corrected chi connectivity index (χ1v) is 8.27. The molecule has 0 aromatic heterocycles. The van der Waals surface area contributed by atoms with E-state index in [4.69, 9.17) is 23.4 Å². The van der Waals surface area contributed by atoms with Gasteiger partial charge in [-0.15, -0.1) is 0 Å². The molecule has 0 N–H and O–H groups in total. The Morgan fingerprint density at radius 3 is 2.67 bits per heavy atom.